The van der Waals surface area contributed by atoms with Crippen molar-refractivity contribution in [3.05, 3.63) is 0 Å². The van der Waals surface area contributed by atoms with Crippen molar-refractivity contribution < 1.29 is 37.9 Å². The fourth-order valence-corrected chi connectivity index (χ4v) is 6.62. The summed E-state index contributed by atoms with van der Waals surface area (Å²) in [4.78, 5) is 42.8. The summed E-state index contributed by atoms with van der Waals surface area (Å²) >= 11 is 0. The first kappa shape index (κ1) is 48.0. The molecule has 0 rings (SSSR count). The zero-order chi connectivity index (χ0) is 36.1. The van der Waals surface area contributed by atoms with Crippen molar-refractivity contribution in [2.24, 2.45) is 0 Å². The summed E-state index contributed by atoms with van der Waals surface area (Å²) in [6, 6.07) is 0. The molecule has 49 heavy (non-hydrogen) atoms. The molecule has 8 nitrogen and oxygen atoms in total. The summed E-state index contributed by atoms with van der Waals surface area (Å²) < 4.78 is 26.4. The van der Waals surface area contributed by atoms with Crippen LogP contribution < -0.4 is 0 Å². The lowest BCUT2D eigenvalue weighted by molar-refractivity contribution is -0.161. The molecule has 0 aromatic carbocycles. The van der Waals surface area contributed by atoms with Crippen LogP contribution in [0.4, 0.5) is 0 Å². The van der Waals surface area contributed by atoms with E-state index in [1.807, 2.05) is 0 Å². The molecule has 1 atom stereocenters. The molecular formula is C40H79O8P. The third-order valence-corrected chi connectivity index (χ3v) is 9.86. The molecular weight excluding hydrogens is 639 g/mol. The smallest absolute Gasteiger partial charge is 0.462 e. The van der Waals surface area contributed by atoms with Gasteiger partial charge in [-0.15, -0.1) is 0 Å². The van der Waals surface area contributed by atoms with Crippen molar-refractivity contribution in [1.29, 1.82) is 0 Å². The van der Waals surface area contributed by atoms with Gasteiger partial charge in [0.1, 0.15) is 6.61 Å². The maximum absolute atomic E-state index is 12.4. The van der Waals surface area contributed by atoms with E-state index in [0.717, 1.165) is 32.1 Å². The summed E-state index contributed by atoms with van der Waals surface area (Å²) in [6.45, 7) is 3.71. The van der Waals surface area contributed by atoms with Gasteiger partial charge in [0.2, 0.25) is 0 Å². The maximum Gasteiger partial charge on any atom is 0.469 e. The Kier molecular flexibility index (Phi) is 36.1. The highest BCUT2D eigenvalue weighted by molar-refractivity contribution is 7.46. The highest BCUT2D eigenvalue weighted by Crippen LogP contribution is 2.36. The summed E-state index contributed by atoms with van der Waals surface area (Å²) in [7, 11) is -4.74. The van der Waals surface area contributed by atoms with Crippen LogP contribution in [-0.2, 0) is 28.2 Å². The lowest BCUT2D eigenvalue weighted by Gasteiger charge is -2.18. The number of phosphoric ester groups is 1. The third-order valence-electron chi connectivity index (χ3n) is 9.38. The van der Waals surface area contributed by atoms with Gasteiger partial charge in [-0.2, -0.15) is 0 Å². The molecule has 0 aromatic heterocycles. The highest BCUT2D eigenvalue weighted by atomic mass is 31.2. The van der Waals surface area contributed by atoms with Crippen LogP contribution in [0.2, 0.25) is 0 Å². The number of phosphoric acid groups is 1. The van der Waals surface area contributed by atoms with Gasteiger partial charge in [-0.05, 0) is 12.8 Å². The summed E-state index contributed by atoms with van der Waals surface area (Å²) in [5, 5.41) is 0. The molecule has 0 aromatic rings. The van der Waals surface area contributed by atoms with Gasteiger partial charge < -0.3 is 19.3 Å². The standard InChI is InChI=1S/C40H79O8P/c1-3-5-7-9-11-13-15-17-18-19-20-21-23-25-27-29-31-33-35-40(42)48-38(37-47-49(43,44)45)36-46-39(41)34-32-30-28-26-24-22-16-14-12-10-8-6-4-2/h38H,3-37H2,1-2H3,(H2,43,44,45). The van der Waals surface area contributed by atoms with Crippen molar-refractivity contribution in [1.82, 2.24) is 0 Å². The summed E-state index contributed by atoms with van der Waals surface area (Å²) in [5.41, 5.74) is 0. The first-order chi connectivity index (χ1) is 23.8. The zero-order valence-electron chi connectivity index (χ0n) is 32.1. The Bertz CT molecular complexity index is 771. The molecule has 0 spiro atoms. The number of rotatable bonds is 39. The molecule has 0 aliphatic heterocycles. The highest BCUT2D eigenvalue weighted by Gasteiger charge is 2.22. The Morgan fingerprint density at radius 1 is 0.449 bits per heavy atom. The van der Waals surface area contributed by atoms with Crippen molar-refractivity contribution in [3.63, 3.8) is 0 Å². The van der Waals surface area contributed by atoms with E-state index in [0.29, 0.717) is 6.42 Å². The predicted molar refractivity (Wildman–Crippen MR) is 203 cm³/mol. The normalized spacial score (nSPS) is 12.3. The van der Waals surface area contributed by atoms with E-state index in [9.17, 15) is 14.2 Å². The predicted octanol–water partition coefficient (Wildman–Crippen LogP) is 12.5. The second-order valence-corrected chi connectivity index (χ2v) is 15.6. The van der Waals surface area contributed by atoms with Crippen molar-refractivity contribution in [2.75, 3.05) is 13.2 Å². The van der Waals surface area contributed by atoms with Gasteiger partial charge in [0.25, 0.3) is 0 Å². The molecule has 0 bridgehead atoms. The van der Waals surface area contributed by atoms with Crippen LogP contribution in [0, 0.1) is 0 Å². The molecule has 9 heteroatoms. The average molecular weight is 719 g/mol. The fourth-order valence-electron chi connectivity index (χ4n) is 6.26. The van der Waals surface area contributed by atoms with Crippen LogP contribution in [0.1, 0.15) is 226 Å². The van der Waals surface area contributed by atoms with Gasteiger partial charge in [-0.25, -0.2) is 4.57 Å². The minimum Gasteiger partial charge on any atom is -0.462 e. The molecule has 0 aliphatic carbocycles. The number of hydrogen-bond acceptors (Lipinski definition) is 6. The van der Waals surface area contributed by atoms with Gasteiger partial charge in [-0.3, -0.25) is 14.1 Å². The molecule has 0 saturated heterocycles. The zero-order valence-corrected chi connectivity index (χ0v) is 33.0. The van der Waals surface area contributed by atoms with Crippen LogP contribution in [0.25, 0.3) is 0 Å². The van der Waals surface area contributed by atoms with Crippen LogP contribution in [-0.4, -0.2) is 41.0 Å². The monoisotopic (exact) mass is 719 g/mol. The molecule has 0 fully saturated rings. The topological polar surface area (TPSA) is 119 Å². The molecule has 1 unspecified atom stereocenters. The van der Waals surface area contributed by atoms with Crippen LogP contribution in [0.5, 0.6) is 0 Å². The van der Waals surface area contributed by atoms with Gasteiger partial charge in [0.15, 0.2) is 6.10 Å². The molecule has 0 heterocycles. The van der Waals surface area contributed by atoms with E-state index in [1.54, 1.807) is 0 Å². The van der Waals surface area contributed by atoms with Gasteiger partial charge >= 0.3 is 19.8 Å². The SMILES string of the molecule is CCCCCCCCCCCCCCCCCCCCC(=O)OC(COC(=O)CCCCCCCCCCCCCCC)COP(=O)(O)O. The number of ether oxygens (including phenoxy) is 2. The van der Waals surface area contributed by atoms with E-state index in [2.05, 4.69) is 18.4 Å². The lowest BCUT2D eigenvalue weighted by Crippen LogP contribution is -2.29. The molecule has 0 amide bonds. The largest absolute Gasteiger partial charge is 0.469 e. The van der Waals surface area contributed by atoms with E-state index >= 15 is 0 Å². The lowest BCUT2D eigenvalue weighted by atomic mass is 10.0. The van der Waals surface area contributed by atoms with Crippen molar-refractivity contribution in [2.45, 2.75) is 232 Å². The minimum atomic E-state index is -4.74. The average Bonchev–Trinajstić information content (AvgIpc) is 3.07. The maximum atomic E-state index is 12.4. The molecule has 0 aliphatic rings. The number of unbranched alkanes of at least 4 members (excludes halogenated alkanes) is 29. The first-order valence-electron chi connectivity index (χ1n) is 20.8. The van der Waals surface area contributed by atoms with Gasteiger partial charge in [0.05, 0.1) is 6.61 Å². The Hall–Kier alpha value is -0.950. The number of carbonyl (C=O) groups excluding carboxylic acids is 2. The quantitative estimate of drug-likeness (QED) is 0.0366. The Morgan fingerprint density at radius 3 is 1.04 bits per heavy atom. The summed E-state index contributed by atoms with van der Waals surface area (Å²) in [6.07, 6.45) is 38.2. The number of hydrogen-bond donors (Lipinski definition) is 2. The second kappa shape index (κ2) is 36.8. The number of esters is 2. The minimum absolute atomic E-state index is 0.220. The van der Waals surface area contributed by atoms with Gasteiger partial charge in [0, 0.05) is 12.8 Å². The van der Waals surface area contributed by atoms with E-state index in [4.69, 9.17) is 19.3 Å². The van der Waals surface area contributed by atoms with E-state index in [-0.39, 0.29) is 19.4 Å². The Morgan fingerprint density at radius 2 is 0.735 bits per heavy atom. The third kappa shape index (κ3) is 39.7. The van der Waals surface area contributed by atoms with E-state index < -0.39 is 32.5 Å². The first-order valence-corrected chi connectivity index (χ1v) is 22.4. The van der Waals surface area contributed by atoms with Crippen molar-refractivity contribution in [3.8, 4) is 0 Å². The summed E-state index contributed by atoms with van der Waals surface area (Å²) in [5.74, 6) is -0.868. The molecule has 0 radical (unpaired) electrons. The Balaban J connectivity index is 3.85. The Labute approximate surface area is 302 Å². The fraction of sp³-hybridized carbons (Fsp3) is 0.950. The van der Waals surface area contributed by atoms with E-state index in [1.165, 1.54) is 161 Å². The van der Waals surface area contributed by atoms with Crippen LogP contribution >= 0.6 is 7.82 Å². The van der Waals surface area contributed by atoms with Crippen LogP contribution in [0.3, 0.4) is 0 Å². The molecule has 292 valence electrons. The second-order valence-electron chi connectivity index (χ2n) is 14.3. The van der Waals surface area contributed by atoms with Gasteiger partial charge in [-0.1, -0.05) is 200 Å². The molecule has 2 N–H and O–H groups in total. The van der Waals surface area contributed by atoms with Crippen LogP contribution in [0.15, 0.2) is 0 Å². The number of carbonyl (C=O) groups is 2. The molecule has 0 saturated carbocycles. The van der Waals surface area contributed by atoms with Crippen molar-refractivity contribution >= 4 is 19.8 Å².